The highest BCUT2D eigenvalue weighted by atomic mass is 32.2. The van der Waals surface area contributed by atoms with Gasteiger partial charge in [0.15, 0.2) is 9.84 Å². The molecule has 1 aliphatic rings. The molecule has 1 aromatic carbocycles. The average molecular weight is 301 g/mol. The number of hydrogen-bond donors (Lipinski definition) is 2. The first-order valence-electron chi connectivity index (χ1n) is 6.74. The minimum Gasteiger partial charge on any atom is -0.396 e. The van der Waals surface area contributed by atoms with Crippen LogP contribution in [-0.4, -0.2) is 31.9 Å². The lowest BCUT2D eigenvalue weighted by atomic mass is 9.99. The van der Waals surface area contributed by atoms with Crippen molar-refractivity contribution in [2.45, 2.75) is 37.2 Å². The summed E-state index contributed by atoms with van der Waals surface area (Å²) in [6.07, 6.45) is 0.418. The normalized spacial score (nSPS) is 23.9. The summed E-state index contributed by atoms with van der Waals surface area (Å²) in [7, 11) is -3.31. The van der Waals surface area contributed by atoms with Crippen LogP contribution in [0.4, 0.5) is 4.39 Å². The second-order valence-corrected chi connectivity index (χ2v) is 7.54. The van der Waals surface area contributed by atoms with Crippen molar-refractivity contribution in [2.24, 2.45) is 5.92 Å². The van der Waals surface area contributed by atoms with E-state index in [1.54, 1.807) is 0 Å². The number of rotatable bonds is 4. The van der Waals surface area contributed by atoms with E-state index in [0.717, 1.165) is 0 Å². The Kier molecular flexibility index (Phi) is 4.46. The first-order chi connectivity index (χ1) is 9.35. The Morgan fingerprint density at radius 2 is 2.15 bits per heavy atom. The number of fused-ring (bicyclic) bond motifs is 1. The van der Waals surface area contributed by atoms with Gasteiger partial charge in [0.1, 0.15) is 5.82 Å². The molecular weight excluding hydrogens is 281 g/mol. The number of hydrogen-bond acceptors (Lipinski definition) is 4. The molecule has 0 fully saturated rings. The van der Waals surface area contributed by atoms with E-state index in [1.807, 2.05) is 13.8 Å². The van der Waals surface area contributed by atoms with Crippen LogP contribution < -0.4 is 5.32 Å². The van der Waals surface area contributed by atoms with Crippen LogP contribution in [0.25, 0.3) is 0 Å². The second-order valence-electron chi connectivity index (χ2n) is 5.46. The van der Waals surface area contributed by atoms with E-state index in [-0.39, 0.29) is 35.3 Å². The molecule has 0 spiro atoms. The van der Waals surface area contributed by atoms with Crippen molar-refractivity contribution in [1.82, 2.24) is 5.32 Å². The van der Waals surface area contributed by atoms with E-state index < -0.39 is 15.7 Å². The Morgan fingerprint density at radius 1 is 1.45 bits per heavy atom. The maximum Gasteiger partial charge on any atom is 0.178 e. The van der Waals surface area contributed by atoms with Crippen LogP contribution in [0, 0.1) is 11.7 Å². The number of aliphatic hydroxyl groups excluding tert-OH is 1. The van der Waals surface area contributed by atoms with Crippen LogP contribution in [0.15, 0.2) is 23.1 Å². The van der Waals surface area contributed by atoms with Crippen LogP contribution in [-0.2, 0) is 9.84 Å². The lowest BCUT2D eigenvalue weighted by Crippen LogP contribution is -2.39. The molecule has 0 radical (unpaired) electrons. The van der Waals surface area contributed by atoms with Crippen molar-refractivity contribution in [3.63, 3.8) is 0 Å². The fourth-order valence-electron chi connectivity index (χ4n) is 2.43. The number of benzene rings is 1. The Bertz CT molecular complexity index is 588. The Balaban J connectivity index is 2.32. The molecule has 1 aliphatic heterocycles. The summed E-state index contributed by atoms with van der Waals surface area (Å²) < 4.78 is 37.5. The highest BCUT2D eigenvalue weighted by Crippen LogP contribution is 2.33. The zero-order chi connectivity index (χ0) is 14.9. The van der Waals surface area contributed by atoms with Gasteiger partial charge in [0, 0.05) is 18.7 Å². The zero-order valence-electron chi connectivity index (χ0n) is 11.6. The van der Waals surface area contributed by atoms with Gasteiger partial charge in [-0.2, -0.15) is 0 Å². The number of nitrogens with one attached hydrogen (secondary N) is 1. The third-order valence-corrected chi connectivity index (χ3v) is 5.78. The van der Waals surface area contributed by atoms with Gasteiger partial charge in [0.2, 0.25) is 0 Å². The Labute approximate surface area is 118 Å². The van der Waals surface area contributed by atoms with Crippen molar-refractivity contribution < 1.29 is 17.9 Å². The van der Waals surface area contributed by atoms with Crippen LogP contribution in [0.2, 0.25) is 0 Å². The molecule has 0 aliphatic carbocycles. The topological polar surface area (TPSA) is 66.4 Å². The van der Waals surface area contributed by atoms with Gasteiger partial charge < -0.3 is 10.4 Å². The van der Waals surface area contributed by atoms with Gasteiger partial charge in [-0.25, -0.2) is 12.8 Å². The lowest BCUT2D eigenvalue weighted by molar-refractivity contribution is 0.199. The van der Waals surface area contributed by atoms with E-state index in [1.165, 1.54) is 18.2 Å². The highest BCUT2D eigenvalue weighted by molar-refractivity contribution is 7.91. The molecular formula is C14H20FNO3S. The van der Waals surface area contributed by atoms with Crippen LogP contribution in [0.5, 0.6) is 0 Å². The van der Waals surface area contributed by atoms with Crippen LogP contribution in [0.1, 0.15) is 31.9 Å². The fourth-order valence-corrected chi connectivity index (χ4v) is 4.03. The summed E-state index contributed by atoms with van der Waals surface area (Å²) in [5, 5.41) is 12.5. The quantitative estimate of drug-likeness (QED) is 0.830. The summed E-state index contributed by atoms with van der Waals surface area (Å²) in [4.78, 5) is 0.214. The molecule has 1 heterocycles. The predicted octanol–water partition coefficient (Wildman–Crippen LogP) is 1.65. The van der Waals surface area contributed by atoms with E-state index >= 15 is 0 Å². The van der Waals surface area contributed by atoms with Crippen LogP contribution in [0.3, 0.4) is 0 Å². The van der Waals surface area contributed by atoms with Gasteiger partial charge in [-0.3, -0.25) is 0 Å². The standard InChI is InChI=1S/C14H20FNO3S/c1-9(8-17)10(2)16-13-5-6-20(18,19)14-4-3-11(15)7-12(13)14/h3-4,7,9-10,13,16-17H,5-6,8H2,1-2H3. The van der Waals surface area contributed by atoms with Gasteiger partial charge in [-0.15, -0.1) is 0 Å². The monoisotopic (exact) mass is 301 g/mol. The number of aliphatic hydroxyl groups is 1. The third kappa shape index (κ3) is 3.02. The zero-order valence-corrected chi connectivity index (χ0v) is 12.5. The Hall–Kier alpha value is -0.980. The van der Waals surface area contributed by atoms with E-state index in [4.69, 9.17) is 5.11 Å². The molecule has 2 N–H and O–H groups in total. The average Bonchev–Trinajstić information content (AvgIpc) is 2.40. The van der Waals surface area contributed by atoms with Gasteiger partial charge in [0.25, 0.3) is 0 Å². The maximum absolute atomic E-state index is 13.4. The summed E-state index contributed by atoms with van der Waals surface area (Å²) in [6, 6.07) is 3.63. The molecule has 6 heteroatoms. The van der Waals surface area contributed by atoms with Gasteiger partial charge in [-0.05, 0) is 43.0 Å². The molecule has 2 rings (SSSR count). The van der Waals surface area contributed by atoms with Crippen molar-refractivity contribution >= 4 is 9.84 Å². The molecule has 3 atom stereocenters. The first-order valence-corrected chi connectivity index (χ1v) is 8.39. The molecule has 0 saturated heterocycles. The van der Waals surface area contributed by atoms with Crippen molar-refractivity contribution in [2.75, 3.05) is 12.4 Å². The van der Waals surface area contributed by atoms with Crippen molar-refractivity contribution in [3.8, 4) is 0 Å². The van der Waals surface area contributed by atoms with Crippen molar-refractivity contribution in [3.05, 3.63) is 29.6 Å². The third-order valence-electron chi connectivity index (χ3n) is 3.96. The molecule has 0 saturated carbocycles. The van der Waals surface area contributed by atoms with Gasteiger partial charge in [0.05, 0.1) is 10.6 Å². The predicted molar refractivity (Wildman–Crippen MR) is 74.7 cm³/mol. The summed E-state index contributed by atoms with van der Waals surface area (Å²) >= 11 is 0. The van der Waals surface area contributed by atoms with Gasteiger partial charge >= 0.3 is 0 Å². The molecule has 0 bridgehead atoms. The fraction of sp³-hybridized carbons (Fsp3) is 0.571. The SMILES string of the molecule is CC(CO)C(C)NC1CCS(=O)(=O)c2ccc(F)cc21. The number of sulfone groups is 1. The lowest BCUT2D eigenvalue weighted by Gasteiger charge is -2.31. The largest absolute Gasteiger partial charge is 0.396 e. The molecule has 0 amide bonds. The molecule has 0 aromatic heterocycles. The molecule has 3 unspecified atom stereocenters. The molecule has 1 aromatic rings. The highest BCUT2D eigenvalue weighted by Gasteiger charge is 2.31. The van der Waals surface area contributed by atoms with E-state index in [9.17, 15) is 12.8 Å². The summed E-state index contributed by atoms with van der Waals surface area (Å²) in [5.41, 5.74) is 0.494. The minimum atomic E-state index is -3.31. The smallest absolute Gasteiger partial charge is 0.178 e. The molecule has 4 nitrogen and oxygen atoms in total. The maximum atomic E-state index is 13.4. The second kappa shape index (κ2) is 5.79. The first kappa shape index (κ1) is 15.4. The number of halogens is 1. The van der Waals surface area contributed by atoms with Crippen molar-refractivity contribution in [1.29, 1.82) is 0 Å². The Morgan fingerprint density at radius 3 is 2.80 bits per heavy atom. The van der Waals surface area contributed by atoms with E-state index in [0.29, 0.717) is 12.0 Å². The molecule has 112 valence electrons. The molecule has 20 heavy (non-hydrogen) atoms. The minimum absolute atomic E-state index is 0.0157. The van der Waals surface area contributed by atoms with E-state index in [2.05, 4.69) is 5.32 Å². The summed E-state index contributed by atoms with van der Waals surface area (Å²) in [5.74, 6) is -0.329. The summed E-state index contributed by atoms with van der Waals surface area (Å²) in [6.45, 7) is 3.89. The van der Waals surface area contributed by atoms with Crippen LogP contribution >= 0.6 is 0 Å². The van der Waals surface area contributed by atoms with Gasteiger partial charge in [-0.1, -0.05) is 6.92 Å².